The van der Waals surface area contributed by atoms with Crippen LogP contribution in [0.4, 0.5) is 13.2 Å². The molecular weight excluding hydrogens is 221 g/mol. The lowest BCUT2D eigenvalue weighted by Gasteiger charge is -2.21. The molecule has 0 aliphatic carbocycles. The Hall–Kier alpha value is -0.780. The highest BCUT2D eigenvalue weighted by atomic mass is 19.4. The van der Waals surface area contributed by atoms with Crippen molar-refractivity contribution in [2.45, 2.75) is 50.9 Å². The molecule has 6 heteroatoms. The van der Waals surface area contributed by atoms with Gasteiger partial charge >= 0.3 is 6.18 Å². The minimum absolute atomic E-state index is 0.188. The zero-order valence-corrected chi connectivity index (χ0v) is 9.23. The van der Waals surface area contributed by atoms with Crippen molar-refractivity contribution in [1.29, 1.82) is 0 Å². The molecule has 2 atom stereocenters. The molecule has 2 unspecified atom stereocenters. The van der Waals surface area contributed by atoms with E-state index < -0.39 is 24.7 Å². The van der Waals surface area contributed by atoms with E-state index in [0.29, 0.717) is 13.0 Å². The molecule has 16 heavy (non-hydrogen) atoms. The van der Waals surface area contributed by atoms with Crippen LogP contribution in [-0.4, -0.2) is 30.7 Å². The molecule has 1 fully saturated rings. The number of alkyl halides is 3. The van der Waals surface area contributed by atoms with Crippen molar-refractivity contribution in [3.63, 3.8) is 0 Å². The molecule has 0 bridgehead atoms. The van der Waals surface area contributed by atoms with Crippen LogP contribution in [0.15, 0.2) is 0 Å². The molecule has 1 rings (SSSR count). The molecule has 1 amide bonds. The Kier molecular flexibility index (Phi) is 4.58. The number of hydrogen-bond donors (Lipinski definition) is 2. The van der Waals surface area contributed by atoms with Gasteiger partial charge in [0, 0.05) is 12.6 Å². The molecule has 1 saturated heterocycles. The van der Waals surface area contributed by atoms with Gasteiger partial charge < -0.3 is 10.6 Å². The highest BCUT2D eigenvalue weighted by Crippen LogP contribution is 2.21. The van der Waals surface area contributed by atoms with Crippen LogP contribution in [0.25, 0.3) is 0 Å². The third-order valence-corrected chi connectivity index (χ3v) is 2.56. The summed E-state index contributed by atoms with van der Waals surface area (Å²) in [6.07, 6.45) is -2.74. The van der Waals surface area contributed by atoms with Crippen LogP contribution in [0, 0.1) is 0 Å². The Morgan fingerprint density at radius 2 is 2.19 bits per heavy atom. The van der Waals surface area contributed by atoms with Gasteiger partial charge in [-0.2, -0.15) is 13.2 Å². The van der Waals surface area contributed by atoms with Gasteiger partial charge in [-0.15, -0.1) is 0 Å². The highest BCUT2D eigenvalue weighted by Gasteiger charge is 2.32. The number of rotatable bonds is 3. The molecule has 0 radical (unpaired) electrons. The van der Waals surface area contributed by atoms with E-state index in [0.717, 1.165) is 12.8 Å². The van der Waals surface area contributed by atoms with Gasteiger partial charge in [-0.25, -0.2) is 0 Å². The first-order valence-electron chi connectivity index (χ1n) is 5.49. The summed E-state index contributed by atoms with van der Waals surface area (Å²) in [4.78, 5) is 11.5. The van der Waals surface area contributed by atoms with Gasteiger partial charge in [0.15, 0.2) is 0 Å². The first-order valence-corrected chi connectivity index (χ1v) is 5.49. The van der Waals surface area contributed by atoms with Crippen LogP contribution in [0.5, 0.6) is 0 Å². The summed E-state index contributed by atoms with van der Waals surface area (Å²) in [5.41, 5.74) is 0. The predicted molar refractivity (Wildman–Crippen MR) is 53.9 cm³/mol. The van der Waals surface area contributed by atoms with E-state index in [4.69, 9.17) is 0 Å². The van der Waals surface area contributed by atoms with Crippen molar-refractivity contribution in [2.24, 2.45) is 0 Å². The summed E-state index contributed by atoms with van der Waals surface area (Å²) < 4.78 is 36.3. The molecule has 0 aromatic rings. The quantitative estimate of drug-likeness (QED) is 0.784. The van der Waals surface area contributed by atoms with Gasteiger partial charge in [-0.05, 0) is 26.2 Å². The van der Waals surface area contributed by atoms with Gasteiger partial charge in [0.25, 0.3) is 0 Å². The summed E-state index contributed by atoms with van der Waals surface area (Å²) in [6, 6.07) is -1.21. The summed E-state index contributed by atoms with van der Waals surface area (Å²) in [6.45, 7) is 2.07. The fraction of sp³-hybridized carbons (Fsp3) is 0.900. The second kappa shape index (κ2) is 5.52. The monoisotopic (exact) mass is 238 g/mol. The number of carbonyl (C=O) groups excluding carboxylic acids is 1. The van der Waals surface area contributed by atoms with Crippen LogP contribution in [0.2, 0.25) is 0 Å². The van der Waals surface area contributed by atoms with Crippen LogP contribution in [-0.2, 0) is 4.79 Å². The molecule has 0 saturated carbocycles. The molecule has 2 N–H and O–H groups in total. The number of halogens is 3. The maximum absolute atomic E-state index is 12.1. The van der Waals surface area contributed by atoms with Crippen molar-refractivity contribution >= 4 is 5.91 Å². The normalized spacial score (nSPS) is 24.8. The van der Waals surface area contributed by atoms with Gasteiger partial charge in [0.05, 0.1) is 12.5 Å². The number of carbonyl (C=O) groups is 1. The van der Waals surface area contributed by atoms with Gasteiger partial charge in [-0.3, -0.25) is 4.79 Å². The Morgan fingerprint density at radius 3 is 2.81 bits per heavy atom. The Labute approximate surface area is 92.8 Å². The van der Waals surface area contributed by atoms with Gasteiger partial charge in [0.1, 0.15) is 0 Å². The second-order valence-corrected chi connectivity index (χ2v) is 4.23. The van der Waals surface area contributed by atoms with Crippen molar-refractivity contribution in [3.05, 3.63) is 0 Å². The minimum atomic E-state index is -4.19. The Bertz CT molecular complexity index is 243. The van der Waals surface area contributed by atoms with E-state index in [1.165, 1.54) is 6.92 Å². The molecule has 1 aliphatic heterocycles. The summed E-state index contributed by atoms with van der Waals surface area (Å²) in [5, 5.41) is 5.41. The van der Waals surface area contributed by atoms with Crippen LogP contribution in [0.3, 0.4) is 0 Å². The SMILES string of the molecule is CC(CC(F)(F)F)NC1CCCCNC1=O. The lowest BCUT2D eigenvalue weighted by Crippen LogP contribution is -2.47. The van der Waals surface area contributed by atoms with Crippen molar-refractivity contribution < 1.29 is 18.0 Å². The van der Waals surface area contributed by atoms with Crippen molar-refractivity contribution in [3.8, 4) is 0 Å². The molecular formula is C10H17F3N2O. The van der Waals surface area contributed by atoms with Crippen LogP contribution >= 0.6 is 0 Å². The lowest BCUT2D eigenvalue weighted by molar-refractivity contribution is -0.140. The number of amides is 1. The molecule has 0 spiro atoms. The molecule has 1 aliphatic rings. The minimum Gasteiger partial charge on any atom is -0.355 e. The lowest BCUT2D eigenvalue weighted by atomic mass is 10.1. The highest BCUT2D eigenvalue weighted by molar-refractivity contribution is 5.81. The molecule has 94 valence electrons. The van der Waals surface area contributed by atoms with E-state index in [9.17, 15) is 18.0 Å². The van der Waals surface area contributed by atoms with Crippen LogP contribution in [0.1, 0.15) is 32.6 Å². The number of hydrogen-bond acceptors (Lipinski definition) is 2. The summed E-state index contributed by atoms with van der Waals surface area (Å²) in [5.74, 6) is -0.188. The van der Waals surface area contributed by atoms with E-state index in [1.54, 1.807) is 0 Å². The predicted octanol–water partition coefficient (Wildman–Crippen LogP) is 1.59. The number of nitrogens with one attached hydrogen (secondary N) is 2. The molecule has 3 nitrogen and oxygen atoms in total. The van der Waals surface area contributed by atoms with E-state index in [-0.39, 0.29) is 5.91 Å². The smallest absolute Gasteiger partial charge is 0.355 e. The van der Waals surface area contributed by atoms with E-state index in [1.807, 2.05) is 0 Å². The Morgan fingerprint density at radius 1 is 1.50 bits per heavy atom. The van der Waals surface area contributed by atoms with E-state index >= 15 is 0 Å². The van der Waals surface area contributed by atoms with E-state index in [2.05, 4.69) is 10.6 Å². The van der Waals surface area contributed by atoms with Crippen LogP contribution < -0.4 is 10.6 Å². The topological polar surface area (TPSA) is 41.1 Å². The first-order chi connectivity index (χ1) is 7.38. The summed E-state index contributed by atoms with van der Waals surface area (Å²) in [7, 11) is 0. The zero-order chi connectivity index (χ0) is 12.2. The third-order valence-electron chi connectivity index (χ3n) is 2.56. The maximum atomic E-state index is 12.1. The van der Waals surface area contributed by atoms with Crippen molar-refractivity contribution in [1.82, 2.24) is 10.6 Å². The maximum Gasteiger partial charge on any atom is 0.390 e. The largest absolute Gasteiger partial charge is 0.390 e. The zero-order valence-electron chi connectivity index (χ0n) is 9.23. The first kappa shape index (κ1) is 13.3. The summed E-state index contributed by atoms with van der Waals surface area (Å²) >= 11 is 0. The average Bonchev–Trinajstić information content (AvgIpc) is 2.29. The van der Waals surface area contributed by atoms with Crippen molar-refractivity contribution in [2.75, 3.05) is 6.54 Å². The van der Waals surface area contributed by atoms with Gasteiger partial charge in [-0.1, -0.05) is 0 Å². The fourth-order valence-corrected chi connectivity index (χ4v) is 1.85. The fourth-order valence-electron chi connectivity index (χ4n) is 1.85. The standard InChI is InChI=1S/C10H17F3N2O/c1-7(6-10(11,12)13)15-8-4-2-3-5-14-9(8)16/h7-8,15H,2-6H2,1H3,(H,14,16). The van der Waals surface area contributed by atoms with Gasteiger partial charge in [0.2, 0.25) is 5.91 Å². The third kappa shape index (κ3) is 4.83. The average molecular weight is 238 g/mol. The second-order valence-electron chi connectivity index (χ2n) is 4.23. The Balaban J connectivity index is 2.42. The molecule has 1 heterocycles. The molecule has 0 aromatic carbocycles. The molecule has 0 aromatic heterocycles.